The number of sulfonamides is 1. The fraction of sp³-hybridized carbons (Fsp3) is 0.571. The van der Waals surface area contributed by atoms with Crippen LogP contribution in [0, 0.1) is 29.5 Å². The number of rotatable bonds is 3. The molecule has 7 atom stereocenters. The summed E-state index contributed by atoms with van der Waals surface area (Å²) >= 11 is 6.22. The van der Waals surface area contributed by atoms with Gasteiger partial charge in [0.2, 0.25) is 10.0 Å². The Labute approximate surface area is 275 Å². The van der Waals surface area contributed by atoms with Gasteiger partial charge in [-0.25, -0.2) is 17.5 Å². The number of amides is 1. The highest BCUT2D eigenvalue weighted by Crippen LogP contribution is 2.50. The number of anilines is 1. The molecule has 8 nitrogen and oxygen atoms in total. The SMILES string of the molecule is C[C@@H]1[C@@H](C)S(=O)(=O)NC(=O)c2ccc3c(c2)N(C[C@@H]2CC[C@H]2[C@@H](OCCO)C2=C[C@H]1C2)C[C@@]1(CCCc2c1ccc(Cl)c2F)CO3. The highest BCUT2D eigenvalue weighted by atomic mass is 35.5. The fourth-order valence-corrected chi connectivity index (χ4v) is 9.96. The zero-order valence-corrected chi connectivity index (χ0v) is 27.9. The number of nitrogens with zero attached hydrogens (tertiary/aromatic N) is 1. The van der Waals surface area contributed by atoms with Crippen molar-refractivity contribution in [3.05, 3.63) is 69.5 Å². The van der Waals surface area contributed by atoms with Crippen LogP contribution in [0.25, 0.3) is 0 Å². The molecule has 1 fully saturated rings. The van der Waals surface area contributed by atoms with Crippen LogP contribution in [-0.4, -0.2) is 63.7 Å². The number of carbonyl (C=O) groups is 1. The van der Waals surface area contributed by atoms with E-state index in [-0.39, 0.29) is 59.4 Å². The van der Waals surface area contributed by atoms with Crippen LogP contribution in [-0.2, 0) is 26.6 Å². The van der Waals surface area contributed by atoms with Gasteiger partial charge in [0.15, 0.2) is 0 Å². The van der Waals surface area contributed by atoms with Gasteiger partial charge in [-0.15, -0.1) is 0 Å². The van der Waals surface area contributed by atoms with Crippen molar-refractivity contribution >= 4 is 33.2 Å². The zero-order valence-electron chi connectivity index (χ0n) is 26.3. The number of aliphatic hydroxyl groups is 1. The number of aliphatic hydroxyl groups excluding tert-OH is 1. The maximum atomic E-state index is 15.4. The predicted octanol–water partition coefficient (Wildman–Crippen LogP) is 5.40. The Hall–Kier alpha value is -2.66. The summed E-state index contributed by atoms with van der Waals surface area (Å²) in [5, 5.41) is 8.97. The van der Waals surface area contributed by atoms with Gasteiger partial charge < -0.3 is 19.5 Å². The van der Waals surface area contributed by atoms with Crippen molar-refractivity contribution < 1.29 is 32.2 Å². The summed E-state index contributed by atoms with van der Waals surface area (Å²) in [6.07, 6.45) is 6.92. The van der Waals surface area contributed by atoms with E-state index in [1.165, 1.54) is 0 Å². The molecule has 11 heteroatoms. The maximum Gasteiger partial charge on any atom is 0.264 e. The summed E-state index contributed by atoms with van der Waals surface area (Å²) in [4.78, 5) is 15.8. The summed E-state index contributed by atoms with van der Waals surface area (Å²) in [5.74, 6) is -0.0793. The van der Waals surface area contributed by atoms with Crippen LogP contribution < -0.4 is 14.4 Å². The van der Waals surface area contributed by atoms with Gasteiger partial charge in [-0.05, 0) is 110 Å². The van der Waals surface area contributed by atoms with Crippen molar-refractivity contribution in [2.75, 3.05) is 37.8 Å². The lowest BCUT2D eigenvalue weighted by Gasteiger charge is -2.48. The number of fused-ring (bicyclic) bond motifs is 6. The van der Waals surface area contributed by atoms with Gasteiger partial charge in [0, 0.05) is 24.1 Å². The normalized spacial score (nSPS) is 33.3. The third kappa shape index (κ3) is 5.43. The van der Waals surface area contributed by atoms with Gasteiger partial charge in [-0.1, -0.05) is 30.7 Å². The molecule has 2 aromatic carbocycles. The van der Waals surface area contributed by atoms with E-state index in [0.29, 0.717) is 37.4 Å². The number of allylic oxidation sites excluding steroid dienone is 1. The second-order valence-electron chi connectivity index (χ2n) is 14.0. The Bertz CT molecular complexity index is 1680. The Morgan fingerprint density at radius 2 is 2.02 bits per heavy atom. The summed E-state index contributed by atoms with van der Waals surface area (Å²) < 4.78 is 57.4. The molecule has 1 amide bonds. The summed E-state index contributed by atoms with van der Waals surface area (Å²) in [5.41, 5.74) is 3.16. The van der Waals surface area contributed by atoms with Crippen LogP contribution in [0.2, 0.25) is 5.02 Å². The molecule has 0 unspecified atom stereocenters. The molecule has 0 radical (unpaired) electrons. The van der Waals surface area contributed by atoms with E-state index in [1.807, 2.05) is 13.0 Å². The molecule has 248 valence electrons. The van der Waals surface area contributed by atoms with E-state index in [0.717, 1.165) is 48.9 Å². The van der Waals surface area contributed by atoms with Crippen molar-refractivity contribution in [1.29, 1.82) is 0 Å². The molecule has 0 aromatic heterocycles. The topological polar surface area (TPSA) is 105 Å². The number of hydrogen-bond donors (Lipinski definition) is 2. The number of carbonyl (C=O) groups excluding carboxylic acids is 1. The number of ether oxygens (including phenoxy) is 2. The number of halogens is 2. The first kappa shape index (κ1) is 31.9. The van der Waals surface area contributed by atoms with Crippen molar-refractivity contribution in [2.24, 2.45) is 23.7 Å². The molecule has 0 saturated heterocycles. The second kappa shape index (κ2) is 12.1. The number of hydrogen-bond acceptors (Lipinski definition) is 7. The predicted molar refractivity (Wildman–Crippen MR) is 174 cm³/mol. The molecule has 1 spiro atoms. The molecule has 4 bridgehead atoms. The minimum Gasteiger partial charge on any atom is -0.490 e. The van der Waals surface area contributed by atoms with Gasteiger partial charge >= 0.3 is 0 Å². The first-order valence-electron chi connectivity index (χ1n) is 16.5. The van der Waals surface area contributed by atoms with Crippen molar-refractivity contribution in [3.63, 3.8) is 0 Å². The molecule has 3 heterocycles. The van der Waals surface area contributed by atoms with Crippen LogP contribution in [0.5, 0.6) is 5.75 Å². The third-order valence-electron chi connectivity index (χ3n) is 11.5. The van der Waals surface area contributed by atoms with Gasteiger partial charge in [-0.3, -0.25) is 4.79 Å². The number of benzene rings is 2. The maximum absolute atomic E-state index is 15.4. The monoisotopic (exact) mass is 672 g/mol. The van der Waals surface area contributed by atoms with Crippen LogP contribution in [0.1, 0.15) is 67.4 Å². The Kier molecular flexibility index (Phi) is 8.39. The fourth-order valence-electron chi connectivity index (χ4n) is 8.45. The van der Waals surface area contributed by atoms with E-state index < -0.39 is 26.6 Å². The minimum absolute atomic E-state index is 0.0529. The molecule has 3 aliphatic heterocycles. The standard InChI is InChI=1S/C35H42ClFN2O6S/c1-20-21(2)46(42,43)38-34(41)22-6-10-31-30(16-22)39(17-23-5-7-26(23)33(44-13-12-40)25-14-24(20)15-25)18-35(19-45-31)11-3-4-27-28(35)8-9-29(36)32(27)37/h6,8-10,14,16,20-21,23-24,26,33,40H,3-5,7,11-13,15,17-19H2,1-2H3,(H,38,41)/t20-,21-,23+,24+,26-,33+,35+/m1/s1. The zero-order chi connectivity index (χ0) is 32.4. The molecule has 2 aromatic rings. The van der Waals surface area contributed by atoms with Crippen LogP contribution in [0.3, 0.4) is 0 Å². The minimum atomic E-state index is -3.97. The van der Waals surface area contributed by atoms with E-state index in [2.05, 4.69) is 15.7 Å². The van der Waals surface area contributed by atoms with Gasteiger partial charge in [0.05, 0.1) is 41.9 Å². The smallest absolute Gasteiger partial charge is 0.264 e. The Balaban J connectivity index is 1.32. The van der Waals surface area contributed by atoms with E-state index >= 15 is 4.39 Å². The Morgan fingerprint density at radius 1 is 1.22 bits per heavy atom. The first-order chi connectivity index (χ1) is 22.0. The van der Waals surface area contributed by atoms with Gasteiger partial charge in [0.1, 0.15) is 11.6 Å². The molecule has 2 N–H and O–H groups in total. The lowest BCUT2D eigenvalue weighted by Crippen LogP contribution is -2.51. The summed E-state index contributed by atoms with van der Waals surface area (Å²) in [6, 6.07) is 8.66. The molecule has 3 aliphatic carbocycles. The van der Waals surface area contributed by atoms with Crippen molar-refractivity contribution in [2.45, 2.75) is 69.1 Å². The molecule has 8 rings (SSSR count). The average Bonchev–Trinajstić information content (AvgIpc) is 3.15. The van der Waals surface area contributed by atoms with Crippen molar-refractivity contribution in [3.8, 4) is 5.75 Å². The second-order valence-corrected chi connectivity index (χ2v) is 16.5. The highest BCUT2D eigenvalue weighted by molar-refractivity contribution is 7.90. The lowest BCUT2D eigenvalue weighted by atomic mass is 9.64. The van der Waals surface area contributed by atoms with Crippen LogP contribution >= 0.6 is 11.6 Å². The Morgan fingerprint density at radius 3 is 2.76 bits per heavy atom. The summed E-state index contributed by atoms with van der Waals surface area (Å²) in [6.45, 7) is 5.29. The van der Waals surface area contributed by atoms with E-state index in [4.69, 9.17) is 21.1 Å². The van der Waals surface area contributed by atoms with E-state index in [1.54, 1.807) is 31.2 Å². The van der Waals surface area contributed by atoms with Gasteiger partial charge in [-0.2, -0.15) is 0 Å². The third-order valence-corrected chi connectivity index (χ3v) is 13.7. The average molecular weight is 673 g/mol. The first-order valence-corrected chi connectivity index (χ1v) is 18.4. The van der Waals surface area contributed by atoms with Gasteiger partial charge in [0.25, 0.3) is 5.91 Å². The largest absolute Gasteiger partial charge is 0.490 e. The number of nitrogens with one attached hydrogen (secondary N) is 1. The lowest BCUT2D eigenvalue weighted by molar-refractivity contribution is -0.0372. The van der Waals surface area contributed by atoms with Crippen LogP contribution in [0.4, 0.5) is 10.1 Å². The molecule has 6 aliphatic rings. The summed E-state index contributed by atoms with van der Waals surface area (Å²) in [7, 11) is -3.97. The van der Waals surface area contributed by atoms with E-state index in [9.17, 15) is 18.3 Å². The van der Waals surface area contributed by atoms with Crippen LogP contribution in [0.15, 0.2) is 42.0 Å². The quantitative estimate of drug-likeness (QED) is 0.421. The molecular formula is C35H42ClFN2O6S. The highest BCUT2D eigenvalue weighted by Gasteiger charge is 2.47. The molecule has 1 saturated carbocycles. The molecule has 46 heavy (non-hydrogen) atoms. The molecular weight excluding hydrogens is 631 g/mol. The van der Waals surface area contributed by atoms with Crippen molar-refractivity contribution in [1.82, 2.24) is 4.72 Å².